The number of piperidine rings is 1. The predicted molar refractivity (Wildman–Crippen MR) is 117 cm³/mol. The lowest BCUT2D eigenvalue weighted by atomic mass is 9.92. The summed E-state index contributed by atoms with van der Waals surface area (Å²) in [6.45, 7) is 3.03. The number of nitrogens with zero attached hydrogens (tertiary/aromatic N) is 2. The number of amides is 2. The second-order valence-electron chi connectivity index (χ2n) is 8.27. The van der Waals surface area contributed by atoms with E-state index >= 15 is 0 Å². The van der Waals surface area contributed by atoms with Crippen molar-refractivity contribution in [2.75, 3.05) is 28.9 Å². The maximum atomic E-state index is 13.1. The Morgan fingerprint density at radius 1 is 1.25 bits per heavy atom. The average Bonchev–Trinajstić information content (AvgIpc) is 3.26. The van der Waals surface area contributed by atoms with Crippen LogP contribution in [0.25, 0.3) is 0 Å². The first-order valence-electron chi connectivity index (χ1n) is 10.9. The molecule has 2 amide bonds. The molecule has 1 saturated heterocycles. The third-order valence-electron chi connectivity index (χ3n) is 6.27. The Bertz CT molecular complexity index is 1130. The quantitative estimate of drug-likeness (QED) is 0.668. The van der Waals surface area contributed by atoms with Crippen LogP contribution in [-0.2, 0) is 9.59 Å². The van der Waals surface area contributed by atoms with Crippen LogP contribution in [0.2, 0.25) is 0 Å². The van der Waals surface area contributed by atoms with E-state index in [2.05, 4.69) is 32.4 Å². The van der Waals surface area contributed by atoms with E-state index in [1.165, 1.54) is 0 Å². The number of hydrogen-bond acceptors (Lipinski definition) is 7. The zero-order chi connectivity index (χ0) is 22.2. The van der Waals surface area contributed by atoms with E-state index in [1.54, 1.807) is 18.2 Å². The van der Waals surface area contributed by atoms with Crippen molar-refractivity contribution in [3.05, 3.63) is 34.1 Å². The maximum Gasteiger partial charge on any atom is 0.258 e. The Balaban J connectivity index is 1.44. The number of rotatable bonds is 4. The molecule has 0 aliphatic carbocycles. The molecule has 1 aromatic carbocycles. The number of nitrogens with one attached hydrogen (secondary N) is 3. The lowest BCUT2D eigenvalue weighted by Crippen LogP contribution is -2.43. The van der Waals surface area contributed by atoms with Crippen LogP contribution in [0.1, 0.15) is 50.5 Å². The van der Waals surface area contributed by atoms with Gasteiger partial charge in [0, 0.05) is 30.8 Å². The molecule has 5 rings (SSSR count). The zero-order valence-corrected chi connectivity index (χ0v) is 17.8. The molecule has 3 aliphatic rings. The molecule has 4 heterocycles. The number of hydrogen-bond donors (Lipinski definition) is 3. The predicted octanol–water partition coefficient (Wildman–Crippen LogP) is 2.33. The third-order valence-corrected chi connectivity index (χ3v) is 6.27. The number of benzene rings is 1. The van der Waals surface area contributed by atoms with Gasteiger partial charge >= 0.3 is 0 Å². The highest BCUT2D eigenvalue weighted by Gasteiger charge is 2.36. The van der Waals surface area contributed by atoms with Crippen LogP contribution >= 0.6 is 0 Å². The van der Waals surface area contributed by atoms with Gasteiger partial charge in [0.05, 0.1) is 11.5 Å². The molecule has 0 bridgehead atoms. The summed E-state index contributed by atoms with van der Waals surface area (Å²) < 4.78 is 10.6. The van der Waals surface area contributed by atoms with E-state index in [0.29, 0.717) is 23.1 Å². The van der Waals surface area contributed by atoms with Crippen molar-refractivity contribution in [1.29, 1.82) is 0 Å². The first-order valence-corrected chi connectivity index (χ1v) is 10.9. The fourth-order valence-corrected chi connectivity index (χ4v) is 4.63. The molecule has 0 unspecified atom stereocenters. The Labute approximate surface area is 184 Å². The molecule has 2 aromatic rings. The lowest BCUT2D eigenvalue weighted by Gasteiger charge is -2.36. The summed E-state index contributed by atoms with van der Waals surface area (Å²) in [7, 11) is 0. The van der Waals surface area contributed by atoms with Crippen LogP contribution < -0.4 is 30.6 Å². The molecule has 168 valence electrons. The first-order chi connectivity index (χ1) is 15.5. The molecule has 10 heteroatoms. The van der Waals surface area contributed by atoms with E-state index in [0.717, 1.165) is 32.2 Å². The van der Waals surface area contributed by atoms with E-state index in [1.807, 2.05) is 0 Å². The van der Waals surface area contributed by atoms with Crippen molar-refractivity contribution in [1.82, 2.24) is 9.97 Å². The Morgan fingerprint density at radius 3 is 2.94 bits per heavy atom. The summed E-state index contributed by atoms with van der Waals surface area (Å²) in [6.07, 6.45) is 4.00. The molecule has 0 saturated carbocycles. The number of H-pyrrole nitrogens is 1. The van der Waals surface area contributed by atoms with Crippen molar-refractivity contribution in [2.45, 2.75) is 51.0 Å². The van der Waals surface area contributed by atoms with Crippen LogP contribution in [0.4, 0.5) is 17.5 Å². The minimum Gasteiger partial charge on any atom is -0.454 e. The fraction of sp³-hybridized carbons (Fsp3) is 0.455. The summed E-state index contributed by atoms with van der Waals surface area (Å²) in [5, 5.41) is 5.46. The summed E-state index contributed by atoms with van der Waals surface area (Å²) in [5.41, 5.74) is 0.264. The van der Waals surface area contributed by atoms with Crippen LogP contribution in [0, 0.1) is 0 Å². The minimum atomic E-state index is -0.946. The van der Waals surface area contributed by atoms with Crippen molar-refractivity contribution < 1.29 is 19.1 Å². The molecular formula is C22H25N5O5. The van der Waals surface area contributed by atoms with E-state index in [-0.39, 0.29) is 36.5 Å². The van der Waals surface area contributed by atoms with Gasteiger partial charge in [0.25, 0.3) is 5.56 Å². The van der Waals surface area contributed by atoms with Gasteiger partial charge < -0.3 is 25.0 Å². The highest BCUT2D eigenvalue weighted by Crippen LogP contribution is 2.36. The lowest BCUT2D eigenvalue weighted by molar-refractivity contribution is -0.123. The third kappa shape index (κ3) is 3.65. The molecule has 1 fully saturated rings. The zero-order valence-electron chi connectivity index (χ0n) is 17.8. The molecular weight excluding hydrogens is 414 g/mol. The highest BCUT2D eigenvalue weighted by atomic mass is 16.7. The molecule has 10 nitrogen and oxygen atoms in total. The Morgan fingerprint density at radius 2 is 2.09 bits per heavy atom. The van der Waals surface area contributed by atoms with Gasteiger partial charge in [0.1, 0.15) is 5.82 Å². The van der Waals surface area contributed by atoms with E-state index in [9.17, 15) is 14.4 Å². The molecule has 3 aliphatic heterocycles. The molecule has 3 N–H and O–H groups in total. The van der Waals surface area contributed by atoms with Gasteiger partial charge in [-0.25, -0.2) is 0 Å². The second-order valence-corrected chi connectivity index (χ2v) is 8.27. The smallest absolute Gasteiger partial charge is 0.258 e. The van der Waals surface area contributed by atoms with Gasteiger partial charge in [0.2, 0.25) is 24.6 Å². The second kappa shape index (κ2) is 8.18. The normalized spacial score (nSPS) is 21.7. The van der Waals surface area contributed by atoms with Gasteiger partial charge in [-0.05, 0) is 37.8 Å². The molecule has 0 spiro atoms. The molecule has 32 heavy (non-hydrogen) atoms. The Hall–Kier alpha value is -3.56. The standard InChI is InChI=1S/C22H25N5O5/c1-2-13-5-3-4-8-27(13)22-25-19-18(21(30)26-22)14(10-17(28)24-19)20(29)23-12-6-7-15-16(9-12)32-11-31-15/h6-7,9,13-14H,2-5,8,10-11H2,1H3,(H,23,29)(H2,24,25,26,28,30)/t13-,14+/m1/s1. The van der Waals surface area contributed by atoms with Crippen molar-refractivity contribution >= 4 is 29.3 Å². The van der Waals surface area contributed by atoms with Gasteiger partial charge in [-0.3, -0.25) is 19.4 Å². The number of ether oxygens (including phenoxy) is 2. The average molecular weight is 439 g/mol. The van der Waals surface area contributed by atoms with Crippen molar-refractivity contribution in [3.8, 4) is 11.5 Å². The number of carbonyl (C=O) groups is 2. The SMILES string of the molecule is CC[C@@H]1CCCCN1c1nc2c(c(=O)[nH]1)[C@@H](C(=O)Nc1ccc3c(c1)OCO3)CC(=O)N2. The topological polar surface area (TPSA) is 126 Å². The summed E-state index contributed by atoms with van der Waals surface area (Å²) >= 11 is 0. The summed E-state index contributed by atoms with van der Waals surface area (Å²) in [5.74, 6) is -0.0219. The van der Waals surface area contributed by atoms with Crippen molar-refractivity contribution in [2.24, 2.45) is 0 Å². The Kier molecular flexibility index (Phi) is 5.20. The number of carbonyl (C=O) groups excluding carboxylic acids is 2. The van der Waals surface area contributed by atoms with Crippen LogP contribution in [0.5, 0.6) is 11.5 Å². The molecule has 0 radical (unpaired) electrons. The largest absolute Gasteiger partial charge is 0.454 e. The van der Waals surface area contributed by atoms with Gasteiger partial charge in [-0.15, -0.1) is 0 Å². The maximum absolute atomic E-state index is 13.1. The van der Waals surface area contributed by atoms with Crippen LogP contribution in [-0.4, -0.2) is 41.2 Å². The number of aromatic nitrogens is 2. The fourth-order valence-electron chi connectivity index (χ4n) is 4.63. The molecule has 2 atom stereocenters. The first kappa shape index (κ1) is 20.3. The van der Waals surface area contributed by atoms with E-state index in [4.69, 9.17) is 9.47 Å². The monoisotopic (exact) mass is 439 g/mol. The molecule has 1 aromatic heterocycles. The van der Waals surface area contributed by atoms with Crippen LogP contribution in [0.15, 0.2) is 23.0 Å². The van der Waals surface area contributed by atoms with Crippen LogP contribution in [0.3, 0.4) is 0 Å². The number of aromatic amines is 1. The van der Waals surface area contributed by atoms with E-state index < -0.39 is 17.4 Å². The minimum absolute atomic E-state index is 0.127. The number of anilines is 3. The van der Waals surface area contributed by atoms with Crippen molar-refractivity contribution in [3.63, 3.8) is 0 Å². The highest BCUT2D eigenvalue weighted by molar-refractivity contribution is 6.04. The number of fused-ring (bicyclic) bond motifs is 2. The van der Waals surface area contributed by atoms with Gasteiger partial charge in [0.15, 0.2) is 11.5 Å². The summed E-state index contributed by atoms with van der Waals surface area (Å²) in [6, 6.07) is 5.32. The van der Waals surface area contributed by atoms with Gasteiger partial charge in [-0.2, -0.15) is 4.98 Å². The van der Waals surface area contributed by atoms with Gasteiger partial charge in [-0.1, -0.05) is 6.92 Å². The summed E-state index contributed by atoms with van der Waals surface area (Å²) in [4.78, 5) is 48.0.